The number of carbonyl (C=O) groups excluding carboxylic acids is 1. The van der Waals surface area contributed by atoms with Crippen LogP contribution in [0.2, 0.25) is 0 Å². The molecule has 7 nitrogen and oxygen atoms in total. The summed E-state index contributed by atoms with van der Waals surface area (Å²) in [5.41, 5.74) is 1.57. The van der Waals surface area contributed by atoms with Gasteiger partial charge >= 0.3 is 0 Å². The molecule has 2 saturated heterocycles. The lowest BCUT2D eigenvalue weighted by Gasteiger charge is -2.38. The average Bonchev–Trinajstić information content (AvgIpc) is 3.18. The monoisotopic (exact) mass is 300 g/mol. The van der Waals surface area contributed by atoms with E-state index in [9.17, 15) is 4.79 Å². The molecule has 0 aromatic carbocycles. The predicted molar refractivity (Wildman–Crippen MR) is 79.2 cm³/mol. The first-order valence-electron chi connectivity index (χ1n) is 7.82. The van der Waals surface area contributed by atoms with Crippen molar-refractivity contribution < 1.29 is 4.79 Å². The molecule has 4 heterocycles. The molecule has 0 aliphatic carbocycles. The number of hydrogen-bond donors (Lipinski definition) is 0. The van der Waals surface area contributed by atoms with Crippen molar-refractivity contribution in [3.05, 3.63) is 29.8 Å². The summed E-state index contributed by atoms with van der Waals surface area (Å²) in [4.78, 5) is 16.8. The van der Waals surface area contributed by atoms with Gasteiger partial charge in [-0.3, -0.25) is 9.48 Å². The fraction of sp³-hybridized carbons (Fsp3) is 0.600. The molecule has 2 aliphatic heterocycles. The van der Waals surface area contributed by atoms with Crippen LogP contribution in [-0.4, -0.2) is 47.7 Å². The first-order valence-corrected chi connectivity index (χ1v) is 7.82. The lowest BCUT2D eigenvalue weighted by atomic mass is 9.97. The minimum atomic E-state index is 0.113. The van der Waals surface area contributed by atoms with Crippen LogP contribution in [-0.2, 0) is 7.05 Å². The Morgan fingerprint density at radius 3 is 2.32 bits per heavy atom. The Balaban J connectivity index is 1.58. The van der Waals surface area contributed by atoms with E-state index >= 15 is 0 Å². The van der Waals surface area contributed by atoms with Crippen molar-refractivity contribution in [2.45, 2.75) is 50.7 Å². The molecule has 22 heavy (non-hydrogen) atoms. The molecule has 2 aromatic rings. The highest BCUT2D eigenvalue weighted by atomic mass is 16.2. The van der Waals surface area contributed by atoms with Crippen molar-refractivity contribution in [1.82, 2.24) is 29.7 Å². The van der Waals surface area contributed by atoms with Gasteiger partial charge in [0.2, 0.25) is 0 Å². The summed E-state index contributed by atoms with van der Waals surface area (Å²) in [6.07, 6.45) is 7.47. The van der Waals surface area contributed by atoms with Crippen molar-refractivity contribution in [1.29, 1.82) is 0 Å². The second kappa shape index (κ2) is 4.93. The number of rotatable bonds is 2. The summed E-state index contributed by atoms with van der Waals surface area (Å²) in [7, 11) is 1.84. The summed E-state index contributed by atoms with van der Waals surface area (Å²) >= 11 is 0. The molecular formula is C15H20N6O. The summed E-state index contributed by atoms with van der Waals surface area (Å²) in [5.74, 6) is 0.113. The highest BCUT2D eigenvalue weighted by Crippen LogP contribution is 2.41. The molecule has 0 spiro atoms. The van der Waals surface area contributed by atoms with Crippen LogP contribution in [0, 0.1) is 6.92 Å². The molecular weight excluding hydrogens is 280 g/mol. The van der Waals surface area contributed by atoms with E-state index < -0.39 is 0 Å². The van der Waals surface area contributed by atoms with Crippen LogP contribution in [0.5, 0.6) is 0 Å². The van der Waals surface area contributed by atoms with E-state index in [4.69, 9.17) is 0 Å². The van der Waals surface area contributed by atoms with Gasteiger partial charge < -0.3 is 4.90 Å². The molecule has 1 amide bonds. The van der Waals surface area contributed by atoms with E-state index in [0.29, 0.717) is 11.7 Å². The quantitative estimate of drug-likeness (QED) is 0.839. The first kappa shape index (κ1) is 13.5. The number of aromatic nitrogens is 5. The standard InChI is InChI=1S/C15H20N6O/c1-10-7-14(19(2)18-10)15(22)20-11-3-4-12(20)9-13(8-11)21-16-5-6-17-21/h5-7,11-13H,3-4,8-9H2,1-2H3. The molecule has 2 aromatic heterocycles. The van der Waals surface area contributed by atoms with Gasteiger partial charge in [-0.05, 0) is 38.7 Å². The van der Waals surface area contributed by atoms with Crippen molar-refractivity contribution in [2.75, 3.05) is 0 Å². The molecule has 0 radical (unpaired) electrons. The van der Waals surface area contributed by atoms with Gasteiger partial charge in [0.05, 0.1) is 24.1 Å². The Morgan fingerprint density at radius 2 is 1.77 bits per heavy atom. The van der Waals surface area contributed by atoms with Crippen LogP contribution in [0.3, 0.4) is 0 Å². The SMILES string of the molecule is Cc1cc(C(=O)N2C3CCC2CC(n2nccn2)C3)n(C)n1. The minimum Gasteiger partial charge on any atom is -0.331 e. The third-order valence-corrected chi connectivity index (χ3v) is 4.93. The Bertz CT molecular complexity index is 677. The Kier molecular flexibility index (Phi) is 3.02. The van der Waals surface area contributed by atoms with Gasteiger partial charge in [0.25, 0.3) is 5.91 Å². The number of piperidine rings is 1. The van der Waals surface area contributed by atoms with E-state index in [1.54, 1.807) is 21.9 Å². The summed E-state index contributed by atoms with van der Waals surface area (Å²) < 4.78 is 1.69. The Morgan fingerprint density at radius 1 is 1.14 bits per heavy atom. The smallest absolute Gasteiger partial charge is 0.272 e. The highest BCUT2D eigenvalue weighted by Gasteiger charge is 2.45. The fourth-order valence-corrected chi connectivity index (χ4v) is 4.03. The van der Waals surface area contributed by atoms with Crippen molar-refractivity contribution in [3.63, 3.8) is 0 Å². The van der Waals surface area contributed by atoms with E-state index in [2.05, 4.69) is 20.2 Å². The lowest BCUT2D eigenvalue weighted by Crippen LogP contribution is -2.47. The summed E-state index contributed by atoms with van der Waals surface area (Å²) in [6.45, 7) is 1.92. The molecule has 2 aliphatic rings. The maximum atomic E-state index is 12.9. The van der Waals surface area contributed by atoms with Crippen LogP contribution < -0.4 is 0 Å². The van der Waals surface area contributed by atoms with Crippen molar-refractivity contribution in [2.24, 2.45) is 7.05 Å². The van der Waals surface area contributed by atoms with Gasteiger partial charge in [0.15, 0.2) is 0 Å². The van der Waals surface area contributed by atoms with Crippen LogP contribution in [0.4, 0.5) is 0 Å². The second-order valence-corrected chi connectivity index (χ2v) is 6.37. The predicted octanol–water partition coefficient (Wildman–Crippen LogP) is 1.33. The van der Waals surface area contributed by atoms with E-state index in [1.165, 1.54) is 0 Å². The molecule has 0 saturated carbocycles. The third-order valence-electron chi connectivity index (χ3n) is 4.93. The lowest BCUT2D eigenvalue weighted by molar-refractivity contribution is 0.0501. The van der Waals surface area contributed by atoms with Gasteiger partial charge in [-0.15, -0.1) is 0 Å². The molecule has 2 atom stereocenters. The van der Waals surface area contributed by atoms with Crippen molar-refractivity contribution in [3.8, 4) is 0 Å². The number of amides is 1. The van der Waals surface area contributed by atoms with Crippen LogP contribution in [0.15, 0.2) is 18.5 Å². The molecule has 7 heteroatoms. The van der Waals surface area contributed by atoms with Gasteiger partial charge in [0.1, 0.15) is 5.69 Å². The number of carbonyl (C=O) groups is 1. The molecule has 2 bridgehead atoms. The minimum absolute atomic E-state index is 0.113. The van der Waals surface area contributed by atoms with Gasteiger partial charge in [-0.1, -0.05) is 0 Å². The fourth-order valence-electron chi connectivity index (χ4n) is 4.03. The number of nitrogens with zero attached hydrogens (tertiary/aromatic N) is 6. The van der Waals surface area contributed by atoms with Gasteiger partial charge in [0, 0.05) is 19.1 Å². The summed E-state index contributed by atoms with van der Waals surface area (Å²) in [5, 5.41) is 12.8. The van der Waals surface area contributed by atoms with E-state index in [1.807, 2.05) is 20.0 Å². The van der Waals surface area contributed by atoms with E-state index in [0.717, 1.165) is 31.4 Å². The number of fused-ring (bicyclic) bond motifs is 2. The van der Waals surface area contributed by atoms with Crippen LogP contribution >= 0.6 is 0 Å². The highest BCUT2D eigenvalue weighted by molar-refractivity contribution is 5.93. The average molecular weight is 300 g/mol. The molecule has 2 fully saturated rings. The largest absolute Gasteiger partial charge is 0.331 e. The Hall–Kier alpha value is -2.18. The van der Waals surface area contributed by atoms with Crippen LogP contribution in [0.25, 0.3) is 0 Å². The molecule has 116 valence electrons. The normalized spacial score (nSPS) is 27.4. The second-order valence-electron chi connectivity index (χ2n) is 6.37. The number of hydrogen-bond acceptors (Lipinski definition) is 4. The zero-order chi connectivity index (χ0) is 15.3. The van der Waals surface area contributed by atoms with Gasteiger partial charge in [-0.2, -0.15) is 20.1 Å². The van der Waals surface area contributed by atoms with Crippen LogP contribution in [0.1, 0.15) is 47.9 Å². The van der Waals surface area contributed by atoms with Crippen molar-refractivity contribution >= 4 is 5.91 Å². The molecule has 0 N–H and O–H groups in total. The summed E-state index contributed by atoms with van der Waals surface area (Å²) in [6, 6.07) is 2.77. The number of aryl methyl sites for hydroxylation is 2. The maximum Gasteiger partial charge on any atom is 0.272 e. The first-order chi connectivity index (χ1) is 10.6. The topological polar surface area (TPSA) is 68.8 Å². The zero-order valence-corrected chi connectivity index (χ0v) is 12.9. The van der Waals surface area contributed by atoms with E-state index in [-0.39, 0.29) is 18.0 Å². The molecule has 2 unspecified atom stereocenters. The maximum absolute atomic E-state index is 12.9. The van der Waals surface area contributed by atoms with Gasteiger partial charge in [-0.25, -0.2) is 0 Å². The Labute approximate surface area is 128 Å². The third kappa shape index (κ3) is 2.03. The molecule has 4 rings (SSSR count). The zero-order valence-electron chi connectivity index (χ0n) is 12.9.